The average molecular weight is 894 g/mol. The van der Waals surface area contributed by atoms with Gasteiger partial charge in [-0.25, -0.2) is 0 Å². The van der Waals surface area contributed by atoms with Crippen LogP contribution in [0.3, 0.4) is 0 Å². The minimum atomic E-state index is -2.00. The van der Waals surface area contributed by atoms with Gasteiger partial charge in [0.25, 0.3) is 0 Å². The van der Waals surface area contributed by atoms with Crippen molar-refractivity contribution in [1.82, 2.24) is 0 Å². The molecule has 7 rings (SSSR count). The van der Waals surface area contributed by atoms with E-state index < -0.39 is 50.8 Å². The summed E-state index contributed by atoms with van der Waals surface area (Å²) in [7, 11) is -8.21. The summed E-state index contributed by atoms with van der Waals surface area (Å²) in [5.41, 5.74) is 11.2. The Hall–Kier alpha value is -2.91. The highest BCUT2D eigenvalue weighted by Gasteiger charge is 2.61. The minimum Gasteiger partial charge on any atom is -0.179 e. The van der Waals surface area contributed by atoms with Crippen LogP contribution < -0.4 is 0 Å². The van der Waals surface area contributed by atoms with Crippen molar-refractivity contribution >= 4 is 127 Å². The molecule has 0 atom stereocenters. The molecule has 0 N–H and O–H groups in total. The second-order valence-corrected chi connectivity index (χ2v) is 93.3. The summed E-state index contributed by atoms with van der Waals surface area (Å²) >= 11 is 2.17. The summed E-state index contributed by atoms with van der Waals surface area (Å²) in [6.45, 7) is 37.5. The molecule has 0 aromatic heterocycles. The van der Waals surface area contributed by atoms with Gasteiger partial charge in [0.05, 0.1) is 15.2 Å². The van der Waals surface area contributed by atoms with Crippen LogP contribution >= 0.6 is 11.2 Å². The molecule has 7 aromatic rings. The third-order valence-electron chi connectivity index (χ3n) is 13.3. The van der Waals surface area contributed by atoms with E-state index in [1.54, 1.807) is 0 Å². The van der Waals surface area contributed by atoms with Gasteiger partial charge < -0.3 is 0 Å². The third-order valence-corrected chi connectivity index (χ3v) is 131. The van der Waals surface area contributed by atoms with Gasteiger partial charge in [0, 0.05) is 33.9 Å². The molecular formula is C50H64SSi7. The summed E-state index contributed by atoms with van der Waals surface area (Å²) in [5.74, 6) is 8.39. The molecule has 0 unspecified atom stereocenters. The fraction of sp³-hybridized carbons (Fsp3) is 0.320. The Balaban J connectivity index is 1.75. The maximum Gasteiger partial charge on any atom is 0.175 e. The van der Waals surface area contributed by atoms with Gasteiger partial charge in [0.15, 0.2) is 6.26 Å². The Morgan fingerprint density at radius 2 is 0.621 bits per heavy atom. The van der Waals surface area contributed by atoms with E-state index in [0.29, 0.717) is 0 Å². The predicted molar refractivity (Wildman–Crippen MR) is 287 cm³/mol. The molecule has 0 fully saturated rings. The smallest absolute Gasteiger partial charge is 0.175 e. The van der Waals surface area contributed by atoms with Gasteiger partial charge in [-0.3, -0.25) is 0 Å². The van der Waals surface area contributed by atoms with E-state index in [-0.39, 0.29) is 0 Å². The first-order valence-corrected chi connectivity index (χ1v) is 49.6. The lowest BCUT2D eigenvalue weighted by Crippen LogP contribution is -2.82. The highest BCUT2D eigenvalue weighted by Crippen LogP contribution is 2.42. The number of hydrogen-bond donors (Lipinski definition) is 0. The van der Waals surface area contributed by atoms with Crippen molar-refractivity contribution in [3.8, 4) is 22.9 Å². The van der Waals surface area contributed by atoms with Gasteiger partial charge in [0.1, 0.15) is 6.63 Å². The Labute approximate surface area is 359 Å². The van der Waals surface area contributed by atoms with Gasteiger partial charge in [0.2, 0.25) is 0 Å². The first-order valence-electron chi connectivity index (χ1n) is 21.1. The fourth-order valence-electron chi connectivity index (χ4n) is 11.8. The standard InChI is InChI=1S/C50H64SSi7/c1-51-57(52(2,3)4,53(5,6)7)27-25-45-47-33-41-29-37-21-17-19-23-39(37)31-43(41)35-49(47)46(26-28-58(54(8,9)10,55(11,12)13)56(14,15)16)50-36-44-32-40-24-20-18-22-38(40)30-42(44)34-48(45)50/h17-24,29-36H,1-16H3. The zero-order valence-electron chi connectivity index (χ0n) is 38.1. The van der Waals surface area contributed by atoms with Crippen LogP contribution in [0.5, 0.6) is 0 Å². The molecule has 0 aliphatic heterocycles. The monoisotopic (exact) mass is 892 g/mol. The number of hydrogen-bond acceptors (Lipinski definition) is 1. The lowest BCUT2D eigenvalue weighted by atomic mass is 9.88. The summed E-state index contributed by atoms with van der Waals surface area (Å²) < 4.78 is 0. The highest BCUT2D eigenvalue weighted by atomic mass is 32.4. The first-order chi connectivity index (χ1) is 26.8. The molecular weight excluding hydrogens is 829 g/mol. The molecule has 0 aliphatic rings. The van der Waals surface area contributed by atoms with Gasteiger partial charge >= 0.3 is 0 Å². The van der Waals surface area contributed by atoms with E-state index in [9.17, 15) is 0 Å². The maximum atomic E-state index is 4.49. The van der Waals surface area contributed by atoms with E-state index in [4.69, 9.17) is 0 Å². The van der Waals surface area contributed by atoms with E-state index in [1.807, 2.05) is 0 Å². The summed E-state index contributed by atoms with van der Waals surface area (Å²) in [4.78, 5) is 0. The van der Waals surface area contributed by atoms with Crippen LogP contribution in [0.15, 0.2) is 97.1 Å². The van der Waals surface area contributed by atoms with Crippen molar-refractivity contribution in [1.29, 1.82) is 0 Å². The molecule has 0 nitrogen and oxygen atoms in total. The van der Waals surface area contributed by atoms with Gasteiger partial charge in [-0.15, -0.1) is 11.1 Å². The molecule has 0 amide bonds. The SMILES string of the molecule is CS[Si](C#Cc1c2cc3cc4ccccc4cc3cc2c(C#C[Si]([Si](C)(C)C)([Si](C)(C)C)[Si](C)(C)C)c2cc3cc4ccccc4cc3cc12)([Si](C)(C)C)[Si](C)(C)C. The van der Waals surface area contributed by atoms with Crippen LogP contribution in [0.2, 0.25) is 98.2 Å². The molecule has 0 saturated heterocycles. The molecule has 0 heterocycles. The Morgan fingerprint density at radius 3 is 0.862 bits per heavy atom. The van der Waals surface area contributed by atoms with Crippen LogP contribution in [0.1, 0.15) is 11.1 Å². The topological polar surface area (TPSA) is 0 Å². The van der Waals surface area contributed by atoms with Gasteiger partial charge in [-0.2, -0.15) is 11.2 Å². The van der Waals surface area contributed by atoms with Crippen molar-refractivity contribution in [3.63, 3.8) is 0 Å². The van der Waals surface area contributed by atoms with Gasteiger partial charge in [-0.05, 0) is 119 Å². The van der Waals surface area contributed by atoms with E-state index in [2.05, 4.69) is 236 Å². The second-order valence-electron chi connectivity index (χ2n) is 22.0. The average Bonchev–Trinajstić information content (AvgIpc) is 3.10. The van der Waals surface area contributed by atoms with Gasteiger partial charge in [-0.1, -0.05) is 159 Å². The molecule has 0 saturated carbocycles. The van der Waals surface area contributed by atoms with E-state index in [1.165, 1.54) is 75.8 Å². The molecule has 0 radical (unpaired) electrons. The number of rotatable bonds is 6. The predicted octanol–water partition coefficient (Wildman–Crippen LogP) is 15.2. The highest BCUT2D eigenvalue weighted by molar-refractivity contribution is 8.43. The van der Waals surface area contributed by atoms with Crippen LogP contribution in [0, 0.1) is 22.9 Å². The Bertz CT molecular complexity index is 2740. The Kier molecular flexibility index (Phi) is 10.9. The lowest BCUT2D eigenvalue weighted by Gasteiger charge is -2.53. The molecule has 0 spiro atoms. The van der Waals surface area contributed by atoms with Crippen molar-refractivity contribution in [3.05, 3.63) is 108 Å². The second kappa shape index (κ2) is 14.6. The third kappa shape index (κ3) is 7.04. The first kappa shape index (κ1) is 43.2. The van der Waals surface area contributed by atoms with Crippen molar-refractivity contribution in [2.24, 2.45) is 0 Å². The molecule has 58 heavy (non-hydrogen) atoms. The summed E-state index contributed by atoms with van der Waals surface area (Å²) in [6, 6.07) is 37.2. The molecule has 8 heteroatoms. The summed E-state index contributed by atoms with van der Waals surface area (Å²) in [6.07, 6.45) is 0.382. The largest absolute Gasteiger partial charge is 0.179 e. The van der Waals surface area contributed by atoms with Crippen LogP contribution in [0.4, 0.5) is 0 Å². The minimum absolute atomic E-state index is 1.20. The van der Waals surface area contributed by atoms with Crippen molar-refractivity contribution < 1.29 is 0 Å². The van der Waals surface area contributed by atoms with Crippen LogP contribution in [-0.2, 0) is 0 Å². The molecule has 0 aliphatic carbocycles. The lowest BCUT2D eigenvalue weighted by molar-refractivity contribution is 1.74. The quantitative estimate of drug-likeness (QED) is 0.0911. The zero-order chi connectivity index (χ0) is 42.4. The van der Waals surface area contributed by atoms with Crippen molar-refractivity contribution in [2.45, 2.75) is 98.2 Å². The molecule has 298 valence electrons. The van der Waals surface area contributed by atoms with E-state index >= 15 is 0 Å². The Morgan fingerprint density at radius 1 is 0.345 bits per heavy atom. The fourth-order valence-corrected chi connectivity index (χ4v) is 154. The van der Waals surface area contributed by atoms with Crippen LogP contribution in [0.25, 0.3) is 64.6 Å². The zero-order valence-corrected chi connectivity index (χ0v) is 46.0. The van der Waals surface area contributed by atoms with Crippen molar-refractivity contribution in [2.75, 3.05) is 6.26 Å². The number of benzene rings is 7. The number of fused-ring (bicyclic) bond motifs is 6. The normalized spacial score (nSPS) is 13.7. The van der Waals surface area contributed by atoms with Crippen LogP contribution in [-0.4, -0.2) is 57.1 Å². The molecule has 7 aromatic carbocycles. The molecule has 0 bridgehead atoms. The van der Waals surface area contributed by atoms with E-state index in [0.717, 1.165) is 0 Å². The maximum absolute atomic E-state index is 4.49. The summed E-state index contributed by atoms with van der Waals surface area (Å²) in [5, 5.41) is 15.3.